The lowest BCUT2D eigenvalue weighted by atomic mass is 10.1. The molecule has 4 heteroatoms. The number of para-hydroxylation sites is 1. The van der Waals surface area contributed by atoms with Crippen LogP contribution in [0.2, 0.25) is 0 Å². The SMILES string of the molecule is CCOC(C)(C)CNC(=O)[C@@H]1Cc2ccccc2N1. The van der Waals surface area contributed by atoms with E-state index in [-0.39, 0.29) is 17.6 Å². The molecule has 0 fully saturated rings. The second-order valence-corrected chi connectivity index (χ2v) is 5.47. The number of carbonyl (C=O) groups is 1. The average molecular weight is 262 g/mol. The van der Waals surface area contributed by atoms with Gasteiger partial charge in [0.2, 0.25) is 5.91 Å². The maximum absolute atomic E-state index is 12.1. The largest absolute Gasteiger partial charge is 0.374 e. The van der Waals surface area contributed by atoms with E-state index in [4.69, 9.17) is 4.74 Å². The van der Waals surface area contributed by atoms with E-state index in [1.165, 1.54) is 5.56 Å². The number of ether oxygens (including phenoxy) is 1. The zero-order valence-electron chi connectivity index (χ0n) is 11.8. The molecule has 1 atom stereocenters. The monoisotopic (exact) mass is 262 g/mol. The lowest BCUT2D eigenvalue weighted by Gasteiger charge is -2.25. The summed E-state index contributed by atoms with van der Waals surface area (Å²) in [4.78, 5) is 12.1. The summed E-state index contributed by atoms with van der Waals surface area (Å²) in [6.07, 6.45) is 0.747. The molecule has 1 aromatic rings. The molecule has 2 rings (SSSR count). The van der Waals surface area contributed by atoms with Crippen molar-refractivity contribution in [3.05, 3.63) is 29.8 Å². The molecule has 1 heterocycles. The van der Waals surface area contributed by atoms with Crippen LogP contribution in [-0.2, 0) is 16.0 Å². The second kappa shape index (κ2) is 5.61. The van der Waals surface area contributed by atoms with Gasteiger partial charge in [0.05, 0.1) is 5.60 Å². The topological polar surface area (TPSA) is 50.4 Å². The van der Waals surface area contributed by atoms with Gasteiger partial charge in [-0.25, -0.2) is 0 Å². The molecule has 0 unspecified atom stereocenters. The normalized spacial score (nSPS) is 17.7. The Balaban J connectivity index is 1.86. The van der Waals surface area contributed by atoms with Gasteiger partial charge >= 0.3 is 0 Å². The zero-order valence-corrected chi connectivity index (χ0v) is 11.8. The first-order valence-corrected chi connectivity index (χ1v) is 6.78. The van der Waals surface area contributed by atoms with E-state index in [0.29, 0.717) is 13.2 Å². The predicted octanol–water partition coefficient (Wildman–Crippen LogP) is 1.95. The van der Waals surface area contributed by atoms with Gasteiger partial charge in [0.15, 0.2) is 0 Å². The molecule has 104 valence electrons. The first-order valence-electron chi connectivity index (χ1n) is 6.78. The van der Waals surface area contributed by atoms with Crippen LogP contribution in [0.15, 0.2) is 24.3 Å². The molecular formula is C15H22N2O2. The number of anilines is 1. The standard InChI is InChI=1S/C15H22N2O2/c1-4-19-15(2,3)10-16-14(18)13-9-11-7-5-6-8-12(11)17-13/h5-8,13,17H,4,9-10H2,1-3H3,(H,16,18)/t13-/m0/s1. The molecule has 1 aromatic carbocycles. The summed E-state index contributed by atoms with van der Waals surface area (Å²) in [5.74, 6) is 0.0315. The second-order valence-electron chi connectivity index (χ2n) is 5.47. The summed E-state index contributed by atoms with van der Waals surface area (Å²) in [6.45, 7) is 7.09. The van der Waals surface area contributed by atoms with Crippen LogP contribution in [0.1, 0.15) is 26.3 Å². The van der Waals surface area contributed by atoms with E-state index >= 15 is 0 Å². The van der Waals surface area contributed by atoms with E-state index in [0.717, 1.165) is 12.1 Å². The number of nitrogens with one attached hydrogen (secondary N) is 2. The molecule has 1 aliphatic rings. The summed E-state index contributed by atoms with van der Waals surface area (Å²) in [5, 5.41) is 6.21. The molecule has 1 amide bonds. The van der Waals surface area contributed by atoms with Crippen molar-refractivity contribution >= 4 is 11.6 Å². The highest BCUT2D eigenvalue weighted by molar-refractivity contribution is 5.87. The number of rotatable bonds is 5. The zero-order chi connectivity index (χ0) is 13.9. The first kappa shape index (κ1) is 13.9. The molecule has 0 saturated heterocycles. The van der Waals surface area contributed by atoms with E-state index in [1.54, 1.807) is 0 Å². The van der Waals surface area contributed by atoms with Crippen molar-refractivity contribution in [1.82, 2.24) is 5.32 Å². The Kier molecular flexibility index (Phi) is 4.10. The third-order valence-corrected chi connectivity index (χ3v) is 3.31. The molecule has 0 aliphatic carbocycles. The van der Waals surface area contributed by atoms with Crippen molar-refractivity contribution in [3.8, 4) is 0 Å². The van der Waals surface area contributed by atoms with Gasteiger partial charge in [-0.3, -0.25) is 4.79 Å². The highest BCUT2D eigenvalue weighted by Crippen LogP contribution is 2.25. The van der Waals surface area contributed by atoms with Gasteiger partial charge in [-0.1, -0.05) is 18.2 Å². The first-order chi connectivity index (χ1) is 9.02. The Labute approximate surface area is 114 Å². The van der Waals surface area contributed by atoms with Crippen LogP contribution in [0.3, 0.4) is 0 Å². The van der Waals surface area contributed by atoms with Crippen LogP contribution in [0, 0.1) is 0 Å². The number of fused-ring (bicyclic) bond motifs is 1. The molecule has 4 nitrogen and oxygen atoms in total. The highest BCUT2D eigenvalue weighted by atomic mass is 16.5. The number of benzene rings is 1. The minimum Gasteiger partial charge on any atom is -0.374 e. The maximum Gasteiger partial charge on any atom is 0.242 e. The van der Waals surface area contributed by atoms with Crippen molar-refractivity contribution in [1.29, 1.82) is 0 Å². The predicted molar refractivity (Wildman–Crippen MR) is 76.3 cm³/mol. The van der Waals surface area contributed by atoms with Crippen LogP contribution < -0.4 is 10.6 Å². The smallest absolute Gasteiger partial charge is 0.242 e. The Morgan fingerprint density at radius 3 is 2.89 bits per heavy atom. The van der Waals surface area contributed by atoms with Gasteiger partial charge < -0.3 is 15.4 Å². The van der Waals surface area contributed by atoms with Crippen LogP contribution in [-0.4, -0.2) is 30.7 Å². The molecular weight excluding hydrogens is 240 g/mol. The van der Waals surface area contributed by atoms with Crippen molar-refractivity contribution < 1.29 is 9.53 Å². The van der Waals surface area contributed by atoms with Gasteiger partial charge in [0.25, 0.3) is 0 Å². The lowest BCUT2D eigenvalue weighted by Crippen LogP contribution is -2.46. The number of carbonyl (C=O) groups excluding carboxylic acids is 1. The van der Waals surface area contributed by atoms with Crippen LogP contribution in [0.5, 0.6) is 0 Å². The van der Waals surface area contributed by atoms with Crippen LogP contribution >= 0.6 is 0 Å². The maximum atomic E-state index is 12.1. The van der Waals surface area contributed by atoms with Gasteiger partial charge in [-0.15, -0.1) is 0 Å². The van der Waals surface area contributed by atoms with E-state index in [1.807, 2.05) is 39.0 Å². The van der Waals surface area contributed by atoms with E-state index < -0.39 is 0 Å². The van der Waals surface area contributed by atoms with Gasteiger partial charge in [0, 0.05) is 25.3 Å². The highest BCUT2D eigenvalue weighted by Gasteiger charge is 2.27. The summed E-state index contributed by atoms with van der Waals surface area (Å²) in [5.41, 5.74) is 1.94. The Morgan fingerprint density at radius 1 is 1.47 bits per heavy atom. The van der Waals surface area contributed by atoms with Crippen molar-refractivity contribution in [2.24, 2.45) is 0 Å². The molecule has 0 aromatic heterocycles. The van der Waals surface area contributed by atoms with Crippen molar-refractivity contribution in [2.45, 2.75) is 38.8 Å². The molecule has 19 heavy (non-hydrogen) atoms. The molecule has 2 N–H and O–H groups in total. The summed E-state index contributed by atoms with van der Waals surface area (Å²) >= 11 is 0. The quantitative estimate of drug-likeness (QED) is 0.853. The Morgan fingerprint density at radius 2 is 2.21 bits per heavy atom. The minimum absolute atomic E-state index is 0.0315. The average Bonchev–Trinajstić information content (AvgIpc) is 2.79. The van der Waals surface area contributed by atoms with E-state index in [2.05, 4.69) is 16.7 Å². The fourth-order valence-corrected chi connectivity index (χ4v) is 2.32. The van der Waals surface area contributed by atoms with Gasteiger partial charge in [-0.05, 0) is 32.4 Å². The third kappa shape index (κ3) is 3.47. The lowest BCUT2D eigenvalue weighted by molar-refractivity contribution is -0.123. The third-order valence-electron chi connectivity index (χ3n) is 3.31. The molecule has 0 saturated carbocycles. The minimum atomic E-state index is -0.324. The van der Waals surface area contributed by atoms with Crippen LogP contribution in [0.25, 0.3) is 0 Å². The van der Waals surface area contributed by atoms with Crippen molar-refractivity contribution in [2.75, 3.05) is 18.5 Å². The van der Waals surface area contributed by atoms with Crippen LogP contribution in [0.4, 0.5) is 5.69 Å². The fourth-order valence-electron chi connectivity index (χ4n) is 2.32. The summed E-state index contributed by atoms with van der Waals surface area (Å²) in [6, 6.07) is 7.87. The number of hydrogen-bond donors (Lipinski definition) is 2. The molecule has 0 bridgehead atoms. The van der Waals surface area contributed by atoms with Gasteiger partial charge in [-0.2, -0.15) is 0 Å². The number of hydrogen-bond acceptors (Lipinski definition) is 3. The van der Waals surface area contributed by atoms with E-state index in [9.17, 15) is 4.79 Å². The Hall–Kier alpha value is -1.55. The summed E-state index contributed by atoms with van der Waals surface area (Å²) in [7, 11) is 0. The molecule has 0 spiro atoms. The Bertz CT molecular complexity index is 432. The molecule has 0 radical (unpaired) electrons. The summed E-state index contributed by atoms with van der Waals surface area (Å²) < 4.78 is 5.57. The molecule has 1 aliphatic heterocycles. The van der Waals surface area contributed by atoms with Crippen molar-refractivity contribution in [3.63, 3.8) is 0 Å². The number of amides is 1. The van der Waals surface area contributed by atoms with Gasteiger partial charge in [0.1, 0.15) is 6.04 Å². The fraction of sp³-hybridized carbons (Fsp3) is 0.533.